The van der Waals surface area contributed by atoms with Crippen LogP contribution in [0.4, 0.5) is 0 Å². The van der Waals surface area contributed by atoms with Gasteiger partial charge in [-0.2, -0.15) is 0 Å². The summed E-state index contributed by atoms with van der Waals surface area (Å²) in [5.41, 5.74) is 4.03. The lowest BCUT2D eigenvalue weighted by Gasteiger charge is -2.11. The molecular formula is C19H23NO3. The van der Waals surface area contributed by atoms with E-state index in [1.54, 1.807) is 13.2 Å². The molecule has 1 aromatic carbocycles. The third-order valence-corrected chi connectivity index (χ3v) is 4.40. The number of allylic oxidation sites excluding steroid dienone is 1. The molecule has 0 atom stereocenters. The Bertz CT molecular complexity index is 771. The molecule has 0 aliphatic heterocycles. The van der Waals surface area contributed by atoms with Gasteiger partial charge in [0.1, 0.15) is 17.1 Å². The zero-order valence-corrected chi connectivity index (χ0v) is 14.0. The number of benzene rings is 1. The summed E-state index contributed by atoms with van der Waals surface area (Å²) < 4.78 is 11.5. The van der Waals surface area contributed by atoms with E-state index in [-0.39, 0.29) is 5.91 Å². The molecule has 1 N–H and O–H groups in total. The molecule has 0 bridgehead atoms. The standard InChI is InChI=1S/C19H23NO3/c1-4-20-19(21)9-12(2)14-10-15-13-7-5-6-8-16(13)23-18(15)11-17(14)22-3/h9-11H,4-8H2,1-3H3,(H,20,21)/b12-9+. The highest BCUT2D eigenvalue weighted by Crippen LogP contribution is 2.37. The maximum Gasteiger partial charge on any atom is 0.244 e. The zero-order chi connectivity index (χ0) is 16.4. The van der Waals surface area contributed by atoms with Gasteiger partial charge in [0, 0.05) is 41.6 Å². The van der Waals surface area contributed by atoms with Crippen LogP contribution in [0.5, 0.6) is 5.75 Å². The number of ether oxygens (including phenoxy) is 1. The number of methoxy groups -OCH3 is 1. The number of rotatable bonds is 4. The summed E-state index contributed by atoms with van der Waals surface area (Å²) in [6.45, 7) is 4.46. The molecule has 0 unspecified atom stereocenters. The van der Waals surface area contributed by atoms with Gasteiger partial charge in [0.25, 0.3) is 0 Å². The molecule has 3 rings (SSSR count). The minimum absolute atomic E-state index is 0.0821. The van der Waals surface area contributed by atoms with Gasteiger partial charge in [0.15, 0.2) is 0 Å². The quantitative estimate of drug-likeness (QED) is 0.872. The van der Waals surface area contributed by atoms with Gasteiger partial charge in [-0.25, -0.2) is 0 Å². The van der Waals surface area contributed by atoms with Crippen LogP contribution >= 0.6 is 0 Å². The molecule has 1 aliphatic rings. The van der Waals surface area contributed by atoms with Gasteiger partial charge in [-0.05, 0) is 44.7 Å². The SMILES string of the molecule is CCNC(=O)/C=C(\C)c1cc2c3c(oc2cc1OC)CCCC3. The number of fused-ring (bicyclic) bond motifs is 3. The maximum atomic E-state index is 11.8. The van der Waals surface area contributed by atoms with E-state index in [1.165, 1.54) is 18.4 Å². The molecule has 2 aromatic rings. The van der Waals surface area contributed by atoms with Crippen LogP contribution in [0.3, 0.4) is 0 Å². The van der Waals surface area contributed by atoms with Crippen LogP contribution in [-0.4, -0.2) is 19.6 Å². The molecule has 122 valence electrons. The van der Waals surface area contributed by atoms with Crippen LogP contribution in [0.25, 0.3) is 16.5 Å². The van der Waals surface area contributed by atoms with Crippen molar-refractivity contribution in [2.24, 2.45) is 0 Å². The van der Waals surface area contributed by atoms with Crippen molar-refractivity contribution in [3.8, 4) is 5.75 Å². The van der Waals surface area contributed by atoms with Crippen molar-refractivity contribution >= 4 is 22.4 Å². The molecule has 0 fully saturated rings. The van der Waals surface area contributed by atoms with Gasteiger partial charge in [0.05, 0.1) is 7.11 Å². The van der Waals surface area contributed by atoms with Crippen molar-refractivity contribution in [2.75, 3.05) is 13.7 Å². The molecule has 0 spiro atoms. The van der Waals surface area contributed by atoms with Crippen molar-refractivity contribution in [3.63, 3.8) is 0 Å². The first-order chi connectivity index (χ1) is 11.1. The Labute approximate surface area is 136 Å². The van der Waals surface area contributed by atoms with E-state index >= 15 is 0 Å². The molecule has 1 aliphatic carbocycles. The predicted octanol–water partition coefficient (Wildman–Crippen LogP) is 3.86. The molecule has 1 amide bonds. The number of aryl methyl sites for hydroxylation is 2. The highest BCUT2D eigenvalue weighted by molar-refractivity contribution is 5.97. The topological polar surface area (TPSA) is 51.5 Å². The molecular weight excluding hydrogens is 290 g/mol. The van der Waals surface area contributed by atoms with Gasteiger partial charge in [0.2, 0.25) is 5.91 Å². The van der Waals surface area contributed by atoms with Crippen LogP contribution in [0.15, 0.2) is 22.6 Å². The fraction of sp³-hybridized carbons (Fsp3) is 0.421. The largest absolute Gasteiger partial charge is 0.496 e. The average molecular weight is 313 g/mol. The smallest absolute Gasteiger partial charge is 0.244 e. The van der Waals surface area contributed by atoms with Crippen molar-refractivity contribution in [2.45, 2.75) is 39.5 Å². The van der Waals surface area contributed by atoms with Crippen LogP contribution in [0.2, 0.25) is 0 Å². The fourth-order valence-corrected chi connectivity index (χ4v) is 3.27. The van der Waals surface area contributed by atoms with Crippen molar-refractivity contribution in [1.29, 1.82) is 0 Å². The van der Waals surface area contributed by atoms with E-state index in [0.29, 0.717) is 6.54 Å². The number of nitrogens with one attached hydrogen (secondary N) is 1. The second-order valence-electron chi connectivity index (χ2n) is 5.98. The zero-order valence-electron chi connectivity index (χ0n) is 14.0. The second kappa shape index (κ2) is 6.49. The molecule has 0 radical (unpaired) electrons. The number of likely N-dealkylation sites (N-methyl/N-ethyl adjacent to an activating group) is 1. The van der Waals surface area contributed by atoms with E-state index in [1.807, 2.05) is 19.9 Å². The second-order valence-corrected chi connectivity index (χ2v) is 5.98. The monoisotopic (exact) mass is 313 g/mol. The Kier molecular flexibility index (Phi) is 4.42. The molecule has 0 saturated heterocycles. The van der Waals surface area contributed by atoms with Crippen LogP contribution in [0, 0.1) is 0 Å². The predicted molar refractivity (Wildman–Crippen MR) is 91.7 cm³/mol. The molecule has 4 nitrogen and oxygen atoms in total. The van der Waals surface area contributed by atoms with Crippen molar-refractivity contribution < 1.29 is 13.9 Å². The Balaban J connectivity index is 2.10. The van der Waals surface area contributed by atoms with Gasteiger partial charge in [-0.1, -0.05) is 0 Å². The summed E-state index contributed by atoms with van der Waals surface area (Å²) in [5.74, 6) is 1.76. The summed E-state index contributed by atoms with van der Waals surface area (Å²) in [6, 6.07) is 4.05. The third-order valence-electron chi connectivity index (χ3n) is 4.40. The van der Waals surface area contributed by atoms with Crippen molar-refractivity contribution in [3.05, 3.63) is 35.1 Å². The normalized spacial score (nSPS) is 14.7. The molecule has 23 heavy (non-hydrogen) atoms. The average Bonchev–Trinajstić information content (AvgIpc) is 2.91. The van der Waals surface area contributed by atoms with Crippen molar-refractivity contribution in [1.82, 2.24) is 5.32 Å². The molecule has 0 saturated carbocycles. The van der Waals surface area contributed by atoms with E-state index < -0.39 is 0 Å². The summed E-state index contributed by atoms with van der Waals surface area (Å²) in [6.07, 6.45) is 6.09. The molecule has 1 heterocycles. The number of furan rings is 1. The number of hydrogen-bond donors (Lipinski definition) is 1. The Hall–Kier alpha value is -2.23. The van der Waals surface area contributed by atoms with E-state index in [2.05, 4.69) is 11.4 Å². The Morgan fingerprint density at radius 2 is 2.13 bits per heavy atom. The highest BCUT2D eigenvalue weighted by Gasteiger charge is 2.20. The molecule has 4 heteroatoms. The van der Waals surface area contributed by atoms with Crippen LogP contribution in [-0.2, 0) is 17.6 Å². The summed E-state index contributed by atoms with van der Waals surface area (Å²) in [7, 11) is 1.65. The maximum absolute atomic E-state index is 11.8. The number of amides is 1. The lowest BCUT2D eigenvalue weighted by molar-refractivity contribution is -0.116. The summed E-state index contributed by atoms with van der Waals surface area (Å²) in [4.78, 5) is 11.8. The fourth-order valence-electron chi connectivity index (χ4n) is 3.27. The van der Waals surface area contributed by atoms with E-state index in [0.717, 1.165) is 46.5 Å². The third kappa shape index (κ3) is 2.98. The number of carbonyl (C=O) groups excluding carboxylic acids is 1. The van der Waals surface area contributed by atoms with Crippen LogP contribution in [0.1, 0.15) is 43.6 Å². The Morgan fingerprint density at radius 3 is 2.87 bits per heavy atom. The van der Waals surface area contributed by atoms with Gasteiger partial charge < -0.3 is 14.5 Å². The van der Waals surface area contributed by atoms with E-state index in [4.69, 9.17) is 9.15 Å². The minimum Gasteiger partial charge on any atom is -0.496 e. The lowest BCUT2D eigenvalue weighted by Crippen LogP contribution is -2.20. The number of carbonyl (C=O) groups is 1. The number of hydrogen-bond acceptors (Lipinski definition) is 3. The first kappa shape index (κ1) is 15.7. The van der Waals surface area contributed by atoms with Gasteiger partial charge in [-0.15, -0.1) is 0 Å². The van der Waals surface area contributed by atoms with Gasteiger partial charge in [-0.3, -0.25) is 4.79 Å². The Morgan fingerprint density at radius 1 is 1.35 bits per heavy atom. The summed E-state index contributed by atoms with van der Waals surface area (Å²) >= 11 is 0. The van der Waals surface area contributed by atoms with E-state index in [9.17, 15) is 4.79 Å². The minimum atomic E-state index is -0.0821. The first-order valence-corrected chi connectivity index (χ1v) is 8.22. The van der Waals surface area contributed by atoms with Gasteiger partial charge >= 0.3 is 0 Å². The lowest BCUT2D eigenvalue weighted by atomic mass is 9.94. The molecule has 1 aromatic heterocycles. The summed E-state index contributed by atoms with van der Waals surface area (Å²) in [5, 5.41) is 3.94. The highest BCUT2D eigenvalue weighted by atomic mass is 16.5. The van der Waals surface area contributed by atoms with Crippen LogP contribution < -0.4 is 10.1 Å². The first-order valence-electron chi connectivity index (χ1n) is 8.22.